The standard InChI is InChI=1S/C13H27N3O/c1-5-8-14-12-7-6-9-16(10-12)11(2)13(17)15(3)4/h11-12,14H,5-10H2,1-4H3. The molecular formula is C13H27N3O. The number of likely N-dealkylation sites (N-methyl/N-ethyl adjacent to an activating group) is 1. The zero-order chi connectivity index (χ0) is 12.8. The SMILES string of the molecule is CCCNC1CCCN(C(C)C(=O)N(C)C)C1. The normalized spacial score (nSPS) is 23.4. The summed E-state index contributed by atoms with van der Waals surface area (Å²) in [6.45, 7) is 7.33. The Labute approximate surface area is 105 Å². The van der Waals surface area contributed by atoms with Crippen molar-refractivity contribution in [2.24, 2.45) is 0 Å². The van der Waals surface area contributed by atoms with Gasteiger partial charge in [-0.1, -0.05) is 6.92 Å². The Hall–Kier alpha value is -0.610. The highest BCUT2D eigenvalue weighted by Crippen LogP contribution is 2.14. The van der Waals surface area contributed by atoms with Gasteiger partial charge in [0, 0.05) is 26.7 Å². The van der Waals surface area contributed by atoms with Crippen LogP contribution in [0.5, 0.6) is 0 Å². The summed E-state index contributed by atoms with van der Waals surface area (Å²) in [7, 11) is 3.66. The van der Waals surface area contributed by atoms with Crippen LogP contribution in [0.3, 0.4) is 0 Å². The highest BCUT2D eigenvalue weighted by Gasteiger charge is 2.27. The number of hydrogen-bond acceptors (Lipinski definition) is 3. The fourth-order valence-corrected chi connectivity index (χ4v) is 2.40. The van der Waals surface area contributed by atoms with E-state index in [1.165, 1.54) is 19.3 Å². The van der Waals surface area contributed by atoms with E-state index in [-0.39, 0.29) is 11.9 Å². The maximum Gasteiger partial charge on any atom is 0.239 e. The van der Waals surface area contributed by atoms with E-state index in [2.05, 4.69) is 17.1 Å². The summed E-state index contributed by atoms with van der Waals surface area (Å²) in [5.74, 6) is 0.209. The van der Waals surface area contributed by atoms with E-state index in [1.54, 1.807) is 4.90 Å². The molecule has 0 radical (unpaired) electrons. The van der Waals surface area contributed by atoms with Crippen LogP contribution in [0.2, 0.25) is 0 Å². The molecule has 1 amide bonds. The molecule has 0 bridgehead atoms. The molecule has 1 saturated heterocycles. The second-order valence-corrected chi connectivity index (χ2v) is 5.20. The summed E-state index contributed by atoms with van der Waals surface area (Å²) in [5.41, 5.74) is 0. The predicted molar refractivity (Wildman–Crippen MR) is 71.0 cm³/mol. The van der Waals surface area contributed by atoms with Gasteiger partial charge in [-0.25, -0.2) is 0 Å². The first kappa shape index (κ1) is 14.5. The van der Waals surface area contributed by atoms with Crippen LogP contribution in [0.25, 0.3) is 0 Å². The third-order valence-corrected chi connectivity index (χ3v) is 3.48. The molecule has 1 fully saturated rings. The van der Waals surface area contributed by atoms with Gasteiger partial charge in [0.1, 0.15) is 0 Å². The molecule has 0 saturated carbocycles. The van der Waals surface area contributed by atoms with E-state index in [4.69, 9.17) is 0 Å². The monoisotopic (exact) mass is 241 g/mol. The zero-order valence-corrected chi connectivity index (χ0v) is 11.7. The Kier molecular flexibility index (Phi) is 5.92. The Morgan fingerprint density at radius 2 is 2.24 bits per heavy atom. The second kappa shape index (κ2) is 6.97. The summed E-state index contributed by atoms with van der Waals surface area (Å²) in [4.78, 5) is 15.9. The fraction of sp³-hybridized carbons (Fsp3) is 0.923. The highest BCUT2D eigenvalue weighted by molar-refractivity contribution is 5.80. The lowest BCUT2D eigenvalue weighted by Crippen LogP contribution is -2.53. The smallest absolute Gasteiger partial charge is 0.239 e. The lowest BCUT2D eigenvalue weighted by Gasteiger charge is -2.37. The van der Waals surface area contributed by atoms with Crippen molar-refractivity contribution < 1.29 is 4.79 Å². The summed E-state index contributed by atoms with van der Waals surface area (Å²) < 4.78 is 0. The molecule has 1 heterocycles. The van der Waals surface area contributed by atoms with E-state index in [0.29, 0.717) is 6.04 Å². The van der Waals surface area contributed by atoms with Crippen molar-refractivity contribution in [1.29, 1.82) is 0 Å². The molecule has 2 unspecified atom stereocenters. The molecular weight excluding hydrogens is 214 g/mol. The Balaban J connectivity index is 2.45. The third kappa shape index (κ3) is 4.28. The summed E-state index contributed by atoms with van der Waals surface area (Å²) in [6.07, 6.45) is 3.59. The molecule has 0 spiro atoms. The molecule has 4 nitrogen and oxygen atoms in total. The van der Waals surface area contributed by atoms with Gasteiger partial charge in [0.15, 0.2) is 0 Å². The number of nitrogens with one attached hydrogen (secondary N) is 1. The fourth-order valence-electron chi connectivity index (χ4n) is 2.40. The maximum atomic E-state index is 11.9. The number of carbonyl (C=O) groups is 1. The van der Waals surface area contributed by atoms with Gasteiger partial charge in [0.2, 0.25) is 5.91 Å². The van der Waals surface area contributed by atoms with Crippen molar-refractivity contribution in [3.8, 4) is 0 Å². The van der Waals surface area contributed by atoms with Gasteiger partial charge >= 0.3 is 0 Å². The minimum Gasteiger partial charge on any atom is -0.347 e. The first-order valence-electron chi connectivity index (χ1n) is 6.74. The first-order chi connectivity index (χ1) is 8.06. The van der Waals surface area contributed by atoms with Gasteiger partial charge in [-0.3, -0.25) is 9.69 Å². The quantitative estimate of drug-likeness (QED) is 0.778. The van der Waals surface area contributed by atoms with Crippen molar-refractivity contribution in [2.45, 2.75) is 45.2 Å². The van der Waals surface area contributed by atoms with E-state index in [0.717, 1.165) is 19.6 Å². The van der Waals surface area contributed by atoms with Crippen LogP contribution in [0.1, 0.15) is 33.1 Å². The van der Waals surface area contributed by atoms with Crippen molar-refractivity contribution in [2.75, 3.05) is 33.7 Å². The molecule has 0 aliphatic carbocycles. The number of hydrogen-bond donors (Lipinski definition) is 1. The average molecular weight is 241 g/mol. The molecule has 17 heavy (non-hydrogen) atoms. The Morgan fingerprint density at radius 3 is 2.82 bits per heavy atom. The third-order valence-electron chi connectivity index (χ3n) is 3.48. The Morgan fingerprint density at radius 1 is 1.53 bits per heavy atom. The number of nitrogens with zero attached hydrogens (tertiary/aromatic N) is 2. The predicted octanol–water partition coefficient (Wildman–Crippen LogP) is 0.927. The van der Waals surface area contributed by atoms with Crippen LogP contribution in [0.4, 0.5) is 0 Å². The van der Waals surface area contributed by atoms with Crippen LogP contribution in [-0.4, -0.2) is 61.5 Å². The lowest BCUT2D eigenvalue weighted by molar-refractivity contribution is -0.134. The highest BCUT2D eigenvalue weighted by atomic mass is 16.2. The molecule has 2 atom stereocenters. The van der Waals surface area contributed by atoms with Crippen LogP contribution in [0.15, 0.2) is 0 Å². The first-order valence-corrected chi connectivity index (χ1v) is 6.74. The van der Waals surface area contributed by atoms with Gasteiger partial charge in [-0.2, -0.15) is 0 Å². The minimum absolute atomic E-state index is 0.0104. The van der Waals surface area contributed by atoms with Crippen molar-refractivity contribution in [3.05, 3.63) is 0 Å². The van der Waals surface area contributed by atoms with Crippen LogP contribution < -0.4 is 5.32 Å². The molecule has 4 heteroatoms. The van der Waals surface area contributed by atoms with Crippen LogP contribution >= 0.6 is 0 Å². The Bertz CT molecular complexity index is 243. The summed E-state index contributed by atoms with van der Waals surface area (Å²) >= 11 is 0. The summed E-state index contributed by atoms with van der Waals surface area (Å²) in [5, 5.41) is 3.56. The second-order valence-electron chi connectivity index (χ2n) is 5.20. The lowest BCUT2D eigenvalue weighted by atomic mass is 10.0. The topological polar surface area (TPSA) is 35.6 Å². The van der Waals surface area contributed by atoms with E-state index < -0.39 is 0 Å². The molecule has 1 aliphatic rings. The van der Waals surface area contributed by atoms with E-state index >= 15 is 0 Å². The van der Waals surface area contributed by atoms with Crippen LogP contribution in [-0.2, 0) is 4.79 Å². The summed E-state index contributed by atoms with van der Waals surface area (Å²) in [6, 6.07) is 0.567. The molecule has 0 aromatic heterocycles. The van der Waals surface area contributed by atoms with Crippen molar-refractivity contribution in [1.82, 2.24) is 15.1 Å². The van der Waals surface area contributed by atoms with Crippen molar-refractivity contribution >= 4 is 5.91 Å². The average Bonchev–Trinajstić information content (AvgIpc) is 2.34. The number of amides is 1. The number of rotatable bonds is 5. The van der Waals surface area contributed by atoms with Gasteiger partial charge in [0.25, 0.3) is 0 Å². The largest absolute Gasteiger partial charge is 0.347 e. The van der Waals surface area contributed by atoms with Gasteiger partial charge in [0.05, 0.1) is 6.04 Å². The number of carbonyl (C=O) groups excluding carboxylic acids is 1. The van der Waals surface area contributed by atoms with Gasteiger partial charge in [-0.05, 0) is 39.3 Å². The molecule has 1 N–H and O–H groups in total. The molecule has 1 aliphatic heterocycles. The van der Waals surface area contributed by atoms with Gasteiger partial charge < -0.3 is 10.2 Å². The molecule has 0 aromatic carbocycles. The number of likely N-dealkylation sites (tertiary alicyclic amines) is 1. The van der Waals surface area contributed by atoms with E-state index in [1.807, 2.05) is 21.0 Å². The minimum atomic E-state index is 0.0104. The molecule has 100 valence electrons. The maximum absolute atomic E-state index is 11.9. The number of piperidine rings is 1. The van der Waals surface area contributed by atoms with Crippen LogP contribution in [0, 0.1) is 0 Å². The zero-order valence-electron chi connectivity index (χ0n) is 11.7. The van der Waals surface area contributed by atoms with Gasteiger partial charge in [-0.15, -0.1) is 0 Å². The molecule has 1 rings (SSSR count). The van der Waals surface area contributed by atoms with Crippen molar-refractivity contribution in [3.63, 3.8) is 0 Å². The van der Waals surface area contributed by atoms with E-state index in [9.17, 15) is 4.79 Å². The molecule has 0 aromatic rings.